The van der Waals surface area contributed by atoms with Gasteiger partial charge in [0.25, 0.3) is 0 Å². The zero-order valence-electron chi connectivity index (χ0n) is 11.5. The van der Waals surface area contributed by atoms with E-state index in [9.17, 15) is 4.79 Å². The molecule has 1 N–H and O–H groups in total. The molecular weight excluding hydrogens is 240 g/mol. The summed E-state index contributed by atoms with van der Waals surface area (Å²) < 4.78 is 5.55. The van der Waals surface area contributed by atoms with Crippen LogP contribution in [0, 0.1) is 5.92 Å². The van der Waals surface area contributed by atoms with Crippen LogP contribution >= 0.6 is 0 Å². The molecule has 1 aliphatic heterocycles. The van der Waals surface area contributed by atoms with Crippen molar-refractivity contribution in [2.24, 2.45) is 5.92 Å². The predicted octanol–water partition coefficient (Wildman–Crippen LogP) is 1.52. The van der Waals surface area contributed by atoms with Crippen LogP contribution in [-0.2, 0) is 4.79 Å². The lowest BCUT2D eigenvalue weighted by molar-refractivity contribution is -0.130. The third-order valence-corrected chi connectivity index (χ3v) is 3.46. The van der Waals surface area contributed by atoms with Crippen LogP contribution in [0.5, 0.6) is 5.75 Å². The van der Waals surface area contributed by atoms with Crippen LogP contribution in [0.15, 0.2) is 30.3 Å². The number of nitrogens with one attached hydrogen (secondary N) is 1. The van der Waals surface area contributed by atoms with Crippen molar-refractivity contribution in [1.82, 2.24) is 10.2 Å². The average Bonchev–Trinajstić information content (AvgIpc) is 2.89. The maximum Gasteiger partial charge on any atom is 0.226 e. The van der Waals surface area contributed by atoms with E-state index in [1.807, 2.05) is 42.3 Å². The molecule has 0 radical (unpaired) electrons. The molecule has 1 heterocycles. The van der Waals surface area contributed by atoms with Crippen molar-refractivity contribution in [3.05, 3.63) is 30.3 Å². The zero-order valence-corrected chi connectivity index (χ0v) is 11.5. The Balaban J connectivity index is 1.68. The number of para-hydroxylation sites is 1. The van der Waals surface area contributed by atoms with Crippen LogP contribution in [-0.4, -0.2) is 44.1 Å². The Bertz CT molecular complexity index is 394. The summed E-state index contributed by atoms with van der Waals surface area (Å²) in [6.45, 7) is 3.21. The molecule has 19 heavy (non-hydrogen) atoms. The predicted molar refractivity (Wildman–Crippen MR) is 75.2 cm³/mol. The summed E-state index contributed by atoms with van der Waals surface area (Å²) in [5, 5.41) is 3.17. The van der Waals surface area contributed by atoms with Crippen molar-refractivity contribution in [3.8, 4) is 5.75 Å². The lowest BCUT2D eigenvalue weighted by Crippen LogP contribution is -2.31. The van der Waals surface area contributed by atoms with Gasteiger partial charge in [0, 0.05) is 13.1 Å². The number of nitrogens with zero attached hydrogens (tertiary/aromatic N) is 1. The van der Waals surface area contributed by atoms with E-state index in [4.69, 9.17) is 4.74 Å². The Morgan fingerprint density at radius 2 is 2.21 bits per heavy atom. The highest BCUT2D eigenvalue weighted by Crippen LogP contribution is 2.16. The van der Waals surface area contributed by atoms with Gasteiger partial charge in [-0.15, -0.1) is 0 Å². The van der Waals surface area contributed by atoms with Gasteiger partial charge in [0.2, 0.25) is 5.91 Å². The van der Waals surface area contributed by atoms with Gasteiger partial charge < -0.3 is 15.0 Å². The highest BCUT2D eigenvalue weighted by Gasteiger charge is 2.25. The van der Waals surface area contributed by atoms with Gasteiger partial charge in [0.05, 0.1) is 13.0 Å². The second kappa shape index (κ2) is 7.14. The first kappa shape index (κ1) is 13.9. The minimum atomic E-state index is 0.203. The van der Waals surface area contributed by atoms with Gasteiger partial charge in [-0.1, -0.05) is 18.2 Å². The second-order valence-corrected chi connectivity index (χ2v) is 4.96. The maximum absolute atomic E-state index is 12.0. The normalized spacial score (nSPS) is 18.6. The van der Waals surface area contributed by atoms with E-state index in [-0.39, 0.29) is 5.91 Å². The zero-order chi connectivity index (χ0) is 13.5. The molecule has 1 aromatic rings. The second-order valence-electron chi connectivity index (χ2n) is 4.96. The Labute approximate surface area is 114 Å². The number of ether oxygens (including phenoxy) is 1. The Morgan fingerprint density at radius 3 is 2.95 bits per heavy atom. The Hall–Kier alpha value is -1.55. The largest absolute Gasteiger partial charge is 0.493 e. The molecule has 4 heteroatoms. The quantitative estimate of drug-likeness (QED) is 0.845. The number of hydrogen-bond acceptors (Lipinski definition) is 3. The van der Waals surface area contributed by atoms with E-state index in [1.165, 1.54) is 0 Å². The lowest BCUT2D eigenvalue weighted by atomic mass is 10.1. The molecule has 1 unspecified atom stereocenters. The molecule has 1 saturated heterocycles. The van der Waals surface area contributed by atoms with Crippen molar-refractivity contribution in [3.63, 3.8) is 0 Å². The van der Waals surface area contributed by atoms with Crippen molar-refractivity contribution in [2.45, 2.75) is 12.8 Å². The molecule has 1 aliphatic rings. The average molecular weight is 262 g/mol. The fourth-order valence-electron chi connectivity index (χ4n) is 2.45. The van der Waals surface area contributed by atoms with Crippen molar-refractivity contribution in [2.75, 3.05) is 33.3 Å². The third kappa shape index (κ3) is 4.24. The van der Waals surface area contributed by atoms with Gasteiger partial charge in [0.15, 0.2) is 0 Å². The van der Waals surface area contributed by atoms with Gasteiger partial charge >= 0.3 is 0 Å². The molecule has 0 spiro atoms. The maximum atomic E-state index is 12.0. The summed E-state index contributed by atoms with van der Waals surface area (Å²) in [6, 6.07) is 9.62. The van der Waals surface area contributed by atoms with Crippen LogP contribution in [0.2, 0.25) is 0 Å². The smallest absolute Gasteiger partial charge is 0.226 e. The van der Waals surface area contributed by atoms with Gasteiger partial charge in [0.1, 0.15) is 5.75 Å². The van der Waals surface area contributed by atoms with Crippen LogP contribution in [0.4, 0.5) is 0 Å². The van der Waals surface area contributed by atoms with E-state index in [0.29, 0.717) is 18.9 Å². The fourth-order valence-corrected chi connectivity index (χ4v) is 2.45. The first-order chi connectivity index (χ1) is 9.29. The minimum Gasteiger partial charge on any atom is -0.493 e. The van der Waals surface area contributed by atoms with E-state index in [0.717, 1.165) is 31.8 Å². The third-order valence-electron chi connectivity index (χ3n) is 3.46. The van der Waals surface area contributed by atoms with E-state index >= 15 is 0 Å². The molecule has 1 atom stereocenters. The highest BCUT2D eigenvalue weighted by molar-refractivity contribution is 5.76. The van der Waals surface area contributed by atoms with Crippen molar-refractivity contribution >= 4 is 5.91 Å². The number of likely N-dealkylation sites (tertiary alicyclic amines) is 1. The van der Waals surface area contributed by atoms with Gasteiger partial charge in [-0.3, -0.25) is 4.79 Å². The Kier molecular flexibility index (Phi) is 5.21. The van der Waals surface area contributed by atoms with Crippen molar-refractivity contribution < 1.29 is 9.53 Å². The summed E-state index contributed by atoms with van der Waals surface area (Å²) in [7, 11) is 1.96. The van der Waals surface area contributed by atoms with Crippen LogP contribution in [0.3, 0.4) is 0 Å². The highest BCUT2D eigenvalue weighted by atomic mass is 16.5. The summed E-state index contributed by atoms with van der Waals surface area (Å²) >= 11 is 0. The Morgan fingerprint density at radius 1 is 1.42 bits per heavy atom. The molecule has 0 aliphatic carbocycles. The van der Waals surface area contributed by atoms with E-state index in [2.05, 4.69) is 5.32 Å². The summed E-state index contributed by atoms with van der Waals surface area (Å²) in [5.41, 5.74) is 0. The number of carbonyl (C=O) groups is 1. The molecule has 2 rings (SSSR count). The molecule has 1 fully saturated rings. The molecule has 1 aromatic carbocycles. The summed E-state index contributed by atoms with van der Waals surface area (Å²) in [5.74, 6) is 1.63. The number of carbonyl (C=O) groups excluding carboxylic acids is 1. The summed E-state index contributed by atoms with van der Waals surface area (Å²) in [4.78, 5) is 14.0. The van der Waals surface area contributed by atoms with E-state index in [1.54, 1.807) is 0 Å². The lowest BCUT2D eigenvalue weighted by Gasteiger charge is -2.16. The molecular formula is C15H22N2O2. The number of amides is 1. The standard InChI is InChI=1S/C15H22N2O2/c1-16-11-13-7-9-17(12-13)15(18)8-10-19-14-5-3-2-4-6-14/h2-6,13,16H,7-12H2,1H3. The number of benzene rings is 1. The monoisotopic (exact) mass is 262 g/mol. The van der Waals surface area contributed by atoms with Gasteiger partial charge in [-0.2, -0.15) is 0 Å². The SMILES string of the molecule is CNCC1CCN(C(=O)CCOc2ccccc2)C1. The minimum absolute atomic E-state index is 0.203. The molecule has 104 valence electrons. The van der Waals surface area contributed by atoms with Crippen LogP contribution < -0.4 is 10.1 Å². The summed E-state index contributed by atoms with van der Waals surface area (Å²) in [6.07, 6.45) is 1.56. The molecule has 1 amide bonds. The van der Waals surface area contributed by atoms with Crippen LogP contribution in [0.1, 0.15) is 12.8 Å². The van der Waals surface area contributed by atoms with Crippen LogP contribution in [0.25, 0.3) is 0 Å². The molecule has 0 bridgehead atoms. The fraction of sp³-hybridized carbons (Fsp3) is 0.533. The number of hydrogen-bond donors (Lipinski definition) is 1. The molecule has 0 aromatic heterocycles. The first-order valence-corrected chi connectivity index (χ1v) is 6.90. The van der Waals surface area contributed by atoms with Gasteiger partial charge in [-0.05, 0) is 38.1 Å². The van der Waals surface area contributed by atoms with Crippen molar-refractivity contribution in [1.29, 1.82) is 0 Å². The molecule has 0 saturated carbocycles. The number of rotatable bonds is 6. The molecule has 4 nitrogen and oxygen atoms in total. The van der Waals surface area contributed by atoms with E-state index < -0.39 is 0 Å². The first-order valence-electron chi connectivity index (χ1n) is 6.90. The topological polar surface area (TPSA) is 41.6 Å². The van der Waals surface area contributed by atoms with Gasteiger partial charge in [-0.25, -0.2) is 0 Å².